The third-order valence-electron chi connectivity index (χ3n) is 6.01. The Balaban J connectivity index is 2.31. The Kier molecular flexibility index (Phi) is 10.1. The molecule has 0 saturated heterocycles. The lowest BCUT2D eigenvalue weighted by Crippen LogP contribution is -2.07. The van der Waals surface area contributed by atoms with Crippen LogP contribution in [0, 0.1) is 0 Å². The SMILES string of the molecule is COc1ccc(C=C(C(=O)c2cc(OC)c(OC)c(OC)c2)c2cc(OC)c(OC)c(OC)c2)cc1OC(C)C. The van der Waals surface area contributed by atoms with Gasteiger partial charge >= 0.3 is 0 Å². The van der Waals surface area contributed by atoms with E-state index in [1.165, 1.54) is 42.7 Å². The normalized spacial score (nSPS) is 11.1. The number of rotatable bonds is 13. The first kappa shape index (κ1) is 30.0. The number of carbonyl (C=O) groups is 1. The fraction of sp³-hybridized carbons (Fsp3) is 0.323. The fourth-order valence-electron chi connectivity index (χ4n) is 4.18. The molecule has 9 heteroatoms. The van der Waals surface area contributed by atoms with E-state index in [1.807, 2.05) is 26.0 Å². The highest BCUT2D eigenvalue weighted by Crippen LogP contribution is 2.43. The molecule has 0 saturated carbocycles. The average molecular weight is 553 g/mol. The standard InChI is InChI=1S/C31H36O9/c1-18(2)40-24-13-19(10-11-23(24)33-3)12-22(20-14-25(34-4)30(38-8)26(15-20)35-5)29(32)21-16-27(36-6)31(39-9)28(17-21)37-7/h10-18H,1-9H3. The zero-order valence-electron chi connectivity index (χ0n) is 24.4. The molecule has 9 nitrogen and oxygen atoms in total. The number of ketones is 1. The summed E-state index contributed by atoms with van der Waals surface area (Å²) in [6, 6.07) is 12.1. The van der Waals surface area contributed by atoms with Gasteiger partial charge in [-0.15, -0.1) is 0 Å². The molecule has 0 heterocycles. The second-order valence-electron chi connectivity index (χ2n) is 8.79. The highest BCUT2D eigenvalue weighted by atomic mass is 16.5. The minimum atomic E-state index is -0.310. The van der Waals surface area contributed by atoms with Gasteiger partial charge in [-0.1, -0.05) is 6.07 Å². The highest BCUT2D eigenvalue weighted by Gasteiger charge is 2.24. The number of hydrogen-bond donors (Lipinski definition) is 0. The molecule has 0 aliphatic rings. The van der Waals surface area contributed by atoms with E-state index < -0.39 is 0 Å². The van der Waals surface area contributed by atoms with Gasteiger partial charge in [0.1, 0.15) is 0 Å². The monoisotopic (exact) mass is 552 g/mol. The van der Waals surface area contributed by atoms with Gasteiger partial charge in [-0.25, -0.2) is 0 Å². The zero-order valence-corrected chi connectivity index (χ0v) is 24.4. The predicted molar refractivity (Wildman–Crippen MR) is 153 cm³/mol. The summed E-state index contributed by atoms with van der Waals surface area (Å²) >= 11 is 0. The number of ether oxygens (including phenoxy) is 8. The van der Waals surface area contributed by atoms with E-state index in [0.29, 0.717) is 68.3 Å². The van der Waals surface area contributed by atoms with Crippen LogP contribution in [-0.2, 0) is 0 Å². The van der Waals surface area contributed by atoms with Crippen LogP contribution in [0.15, 0.2) is 42.5 Å². The van der Waals surface area contributed by atoms with Gasteiger partial charge in [0.25, 0.3) is 0 Å². The Labute approximate surface area is 235 Å². The van der Waals surface area contributed by atoms with Gasteiger partial charge in [-0.2, -0.15) is 0 Å². The third-order valence-corrected chi connectivity index (χ3v) is 6.01. The van der Waals surface area contributed by atoms with Crippen LogP contribution in [0.25, 0.3) is 11.6 Å². The molecule has 3 aromatic carbocycles. The topological polar surface area (TPSA) is 90.9 Å². The van der Waals surface area contributed by atoms with E-state index in [0.717, 1.165) is 0 Å². The van der Waals surface area contributed by atoms with E-state index in [-0.39, 0.29) is 11.9 Å². The smallest absolute Gasteiger partial charge is 0.203 e. The summed E-state index contributed by atoms with van der Waals surface area (Å²) in [7, 11) is 10.6. The summed E-state index contributed by atoms with van der Waals surface area (Å²) in [5.41, 5.74) is 1.91. The van der Waals surface area contributed by atoms with Crippen LogP contribution in [0.2, 0.25) is 0 Å². The minimum absolute atomic E-state index is 0.0800. The summed E-state index contributed by atoms with van der Waals surface area (Å²) in [4.78, 5) is 14.2. The molecule has 3 rings (SSSR count). The number of allylic oxidation sites excluding steroid dienone is 1. The van der Waals surface area contributed by atoms with Crippen LogP contribution >= 0.6 is 0 Å². The van der Waals surface area contributed by atoms with Gasteiger partial charge in [0, 0.05) is 11.1 Å². The lowest BCUT2D eigenvalue weighted by atomic mass is 9.93. The molecule has 214 valence electrons. The zero-order chi connectivity index (χ0) is 29.4. The van der Waals surface area contributed by atoms with Crippen molar-refractivity contribution in [2.75, 3.05) is 49.8 Å². The Bertz CT molecular complexity index is 1330. The van der Waals surface area contributed by atoms with Crippen LogP contribution < -0.4 is 37.9 Å². The van der Waals surface area contributed by atoms with Gasteiger partial charge in [0.2, 0.25) is 11.5 Å². The second-order valence-corrected chi connectivity index (χ2v) is 8.79. The van der Waals surface area contributed by atoms with Crippen LogP contribution in [-0.4, -0.2) is 61.7 Å². The quantitative estimate of drug-likeness (QED) is 0.145. The highest BCUT2D eigenvalue weighted by molar-refractivity contribution is 6.32. The fourth-order valence-corrected chi connectivity index (χ4v) is 4.18. The minimum Gasteiger partial charge on any atom is -0.493 e. The molecule has 3 aromatic rings. The first-order valence-electron chi connectivity index (χ1n) is 12.5. The van der Waals surface area contributed by atoms with Crippen LogP contribution in [0.5, 0.6) is 46.0 Å². The number of benzene rings is 3. The van der Waals surface area contributed by atoms with Crippen molar-refractivity contribution in [3.05, 3.63) is 59.2 Å². The molecule has 0 unspecified atom stereocenters. The van der Waals surface area contributed by atoms with Crippen molar-refractivity contribution in [3.8, 4) is 46.0 Å². The Hall–Kier alpha value is -4.53. The molecule has 0 spiro atoms. The molecule has 0 atom stereocenters. The van der Waals surface area contributed by atoms with E-state index in [9.17, 15) is 4.79 Å². The Morgan fingerprint density at radius 3 is 1.43 bits per heavy atom. The average Bonchev–Trinajstić information content (AvgIpc) is 2.97. The molecular weight excluding hydrogens is 516 g/mol. The number of carbonyl (C=O) groups excluding carboxylic acids is 1. The van der Waals surface area contributed by atoms with E-state index >= 15 is 0 Å². The summed E-state index contributed by atoms with van der Waals surface area (Å²) < 4.78 is 44.5. The first-order valence-corrected chi connectivity index (χ1v) is 12.5. The maximum Gasteiger partial charge on any atom is 0.203 e. The Morgan fingerprint density at radius 2 is 1.02 bits per heavy atom. The number of methoxy groups -OCH3 is 7. The summed E-state index contributed by atoms with van der Waals surface area (Å²) in [6.07, 6.45) is 1.68. The number of hydrogen-bond acceptors (Lipinski definition) is 9. The molecule has 40 heavy (non-hydrogen) atoms. The van der Waals surface area contributed by atoms with Gasteiger partial charge in [0.15, 0.2) is 40.3 Å². The molecule has 0 radical (unpaired) electrons. The summed E-state index contributed by atoms with van der Waals surface area (Å²) in [6.45, 7) is 3.86. The van der Waals surface area contributed by atoms with Crippen LogP contribution in [0.4, 0.5) is 0 Å². The molecule has 0 aliphatic heterocycles. The maximum absolute atomic E-state index is 14.2. The van der Waals surface area contributed by atoms with Crippen molar-refractivity contribution >= 4 is 17.4 Å². The summed E-state index contributed by atoms with van der Waals surface area (Å²) in [5, 5.41) is 0. The molecule has 0 bridgehead atoms. The maximum atomic E-state index is 14.2. The molecule has 0 N–H and O–H groups in total. The van der Waals surface area contributed by atoms with Crippen LogP contribution in [0.3, 0.4) is 0 Å². The predicted octanol–water partition coefficient (Wildman–Crippen LogP) is 5.96. The van der Waals surface area contributed by atoms with Crippen molar-refractivity contribution in [2.24, 2.45) is 0 Å². The molecular formula is C31H36O9. The lowest BCUT2D eigenvalue weighted by Gasteiger charge is -2.17. The lowest BCUT2D eigenvalue weighted by molar-refractivity contribution is 0.105. The van der Waals surface area contributed by atoms with Crippen LogP contribution in [0.1, 0.15) is 35.3 Å². The largest absolute Gasteiger partial charge is 0.493 e. The summed E-state index contributed by atoms with van der Waals surface area (Å²) in [5.74, 6) is 3.12. The third kappa shape index (κ3) is 6.36. The van der Waals surface area contributed by atoms with Crippen molar-refractivity contribution in [2.45, 2.75) is 20.0 Å². The van der Waals surface area contributed by atoms with Gasteiger partial charge in [-0.3, -0.25) is 4.79 Å². The number of Topliss-reactive ketones (excluding diaryl/α,β-unsaturated/α-hetero) is 1. The van der Waals surface area contributed by atoms with Gasteiger partial charge in [0.05, 0.1) is 55.9 Å². The Morgan fingerprint density at radius 1 is 0.575 bits per heavy atom. The molecule has 0 aromatic heterocycles. The van der Waals surface area contributed by atoms with E-state index in [4.69, 9.17) is 37.9 Å². The van der Waals surface area contributed by atoms with Crippen molar-refractivity contribution < 1.29 is 42.7 Å². The van der Waals surface area contributed by atoms with E-state index in [1.54, 1.807) is 43.5 Å². The van der Waals surface area contributed by atoms with E-state index in [2.05, 4.69) is 0 Å². The second kappa shape index (κ2) is 13.5. The molecule has 0 aliphatic carbocycles. The first-order chi connectivity index (χ1) is 19.2. The molecule has 0 amide bonds. The van der Waals surface area contributed by atoms with Crippen molar-refractivity contribution in [1.29, 1.82) is 0 Å². The van der Waals surface area contributed by atoms with Crippen molar-refractivity contribution in [1.82, 2.24) is 0 Å². The van der Waals surface area contributed by atoms with Gasteiger partial charge in [-0.05, 0) is 67.4 Å². The van der Waals surface area contributed by atoms with Gasteiger partial charge < -0.3 is 37.9 Å². The molecule has 0 fully saturated rings. The van der Waals surface area contributed by atoms with Crippen molar-refractivity contribution in [3.63, 3.8) is 0 Å².